The van der Waals surface area contributed by atoms with Crippen LogP contribution in [0.3, 0.4) is 0 Å². The Labute approximate surface area is 201 Å². The van der Waals surface area contributed by atoms with Crippen molar-refractivity contribution in [3.63, 3.8) is 0 Å². The Morgan fingerprint density at radius 3 is 2.65 bits per heavy atom. The fourth-order valence-electron chi connectivity index (χ4n) is 5.21. The van der Waals surface area contributed by atoms with Crippen LogP contribution in [0.5, 0.6) is 5.88 Å². The second-order valence-corrected chi connectivity index (χ2v) is 9.68. The summed E-state index contributed by atoms with van der Waals surface area (Å²) in [5.41, 5.74) is 6.19. The summed E-state index contributed by atoms with van der Waals surface area (Å²) in [6.07, 6.45) is 6.09. The van der Waals surface area contributed by atoms with Crippen molar-refractivity contribution >= 4 is 17.9 Å². The summed E-state index contributed by atoms with van der Waals surface area (Å²) in [7, 11) is 3.61. The number of anilines is 2. The topological polar surface area (TPSA) is 124 Å². The molecule has 4 heterocycles. The lowest BCUT2D eigenvalue weighted by molar-refractivity contribution is 0.00183. The summed E-state index contributed by atoms with van der Waals surface area (Å²) < 4.78 is 11.1. The van der Waals surface area contributed by atoms with Gasteiger partial charge in [0, 0.05) is 43.7 Å². The summed E-state index contributed by atoms with van der Waals surface area (Å²) in [5, 5.41) is 12.7. The Balaban J connectivity index is 1.46. The van der Waals surface area contributed by atoms with E-state index in [4.69, 9.17) is 14.5 Å². The number of amides is 1. The molecule has 34 heavy (non-hydrogen) atoms. The summed E-state index contributed by atoms with van der Waals surface area (Å²) in [6.45, 7) is 4.04. The van der Waals surface area contributed by atoms with E-state index in [2.05, 4.69) is 26.1 Å². The van der Waals surface area contributed by atoms with Gasteiger partial charge in [0.1, 0.15) is 11.9 Å². The van der Waals surface area contributed by atoms with Crippen molar-refractivity contribution in [2.75, 3.05) is 31.0 Å². The number of carbonyl (C=O) groups excluding carboxylic acids is 1. The van der Waals surface area contributed by atoms with Crippen LogP contribution in [0.25, 0.3) is 0 Å². The molecule has 4 rings (SSSR count). The molecule has 3 saturated heterocycles. The molecule has 3 aliphatic rings. The molecule has 3 aliphatic heterocycles. The van der Waals surface area contributed by atoms with Crippen LogP contribution in [0, 0.1) is 0 Å². The molecule has 4 N–H and O–H groups in total. The van der Waals surface area contributed by atoms with E-state index in [0.717, 1.165) is 44.9 Å². The van der Waals surface area contributed by atoms with Crippen LogP contribution < -0.4 is 25.8 Å². The molecule has 6 atom stereocenters. The van der Waals surface area contributed by atoms with E-state index < -0.39 is 0 Å². The zero-order chi connectivity index (χ0) is 24.2. The average molecular weight is 478 g/mol. The third-order valence-electron chi connectivity index (χ3n) is 7.33. The lowest BCUT2D eigenvalue weighted by Gasteiger charge is -2.50. The Kier molecular flexibility index (Phi) is 7.95. The molecular formula is C23H39N7O4. The van der Waals surface area contributed by atoms with Crippen molar-refractivity contribution < 1.29 is 19.4 Å². The highest BCUT2D eigenvalue weighted by Crippen LogP contribution is 2.37. The number of piperidine rings is 2. The van der Waals surface area contributed by atoms with E-state index in [1.807, 2.05) is 25.8 Å². The number of rotatable bonds is 8. The van der Waals surface area contributed by atoms with E-state index in [1.54, 1.807) is 13.2 Å². The molecule has 11 nitrogen and oxygen atoms in total. The highest BCUT2D eigenvalue weighted by molar-refractivity contribution is 5.69. The molecule has 11 heteroatoms. The van der Waals surface area contributed by atoms with E-state index >= 15 is 0 Å². The molecule has 0 aromatic carbocycles. The van der Waals surface area contributed by atoms with Crippen LogP contribution >= 0.6 is 0 Å². The van der Waals surface area contributed by atoms with Crippen LogP contribution in [0.4, 0.5) is 16.6 Å². The molecule has 0 saturated carbocycles. The Hall–Kier alpha value is -2.37. The van der Waals surface area contributed by atoms with Gasteiger partial charge in [-0.15, -0.1) is 0 Å². The van der Waals surface area contributed by atoms with Crippen molar-refractivity contribution in [3.8, 4) is 5.88 Å². The third-order valence-corrected chi connectivity index (χ3v) is 7.33. The minimum absolute atomic E-state index is 0.0000228. The Bertz CT molecular complexity index is 830. The second-order valence-electron chi connectivity index (χ2n) is 9.68. The predicted octanol–water partition coefficient (Wildman–Crippen LogP) is 1.84. The van der Waals surface area contributed by atoms with Crippen molar-refractivity contribution in [1.82, 2.24) is 25.7 Å². The van der Waals surface area contributed by atoms with Gasteiger partial charge in [-0.1, -0.05) is 6.92 Å². The van der Waals surface area contributed by atoms with Crippen LogP contribution in [-0.4, -0.2) is 83.3 Å². The molecule has 1 amide bonds. The van der Waals surface area contributed by atoms with Gasteiger partial charge in [0.25, 0.3) is 0 Å². The molecule has 0 radical (unpaired) electrons. The number of nitrogens with zero attached hydrogens (tertiary/aromatic N) is 4. The van der Waals surface area contributed by atoms with Gasteiger partial charge in [-0.25, -0.2) is 10.2 Å². The zero-order valence-corrected chi connectivity index (χ0v) is 20.7. The minimum Gasteiger partial charge on any atom is -0.481 e. The largest absolute Gasteiger partial charge is 0.481 e. The lowest BCUT2D eigenvalue weighted by Crippen LogP contribution is -2.59. The van der Waals surface area contributed by atoms with Crippen molar-refractivity contribution in [1.29, 1.82) is 0 Å². The lowest BCUT2D eigenvalue weighted by atomic mass is 9.81. The van der Waals surface area contributed by atoms with E-state index in [-0.39, 0.29) is 49.1 Å². The zero-order valence-electron chi connectivity index (χ0n) is 20.7. The van der Waals surface area contributed by atoms with Crippen LogP contribution in [0.1, 0.15) is 58.8 Å². The molecule has 3 fully saturated rings. The van der Waals surface area contributed by atoms with Crippen molar-refractivity contribution in [2.45, 2.75) is 95.2 Å². The highest BCUT2D eigenvalue weighted by atomic mass is 16.6. The normalized spacial score (nSPS) is 29.4. The van der Waals surface area contributed by atoms with Gasteiger partial charge in [-0.3, -0.25) is 5.43 Å². The molecule has 1 aromatic rings. The second kappa shape index (κ2) is 10.9. The standard InChI is InChI=1S/C23H39N7O4/c1-5-14(2)34-23(32)30-16-7-6-8-17(30)11-18(10-16)29(3)22-25-19(12-21(26-22)33-4)24-20-9-15(13-31)27-28-20/h12,14-18,20,27-28,31H,5-11,13H2,1-4H3,(H,24,25,26)/t14?,15?,16-,17+,18?,20?. The summed E-state index contributed by atoms with van der Waals surface area (Å²) in [5.74, 6) is 1.73. The first kappa shape index (κ1) is 24.7. The molecule has 2 bridgehead atoms. The van der Waals surface area contributed by atoms with Crippen LogP contribution in [-0.2, 0) is 4.74 Å². The molecule has 190 valence electrons. The number of methoxy groups -OCH3 is 1. The van der Waals surface area contributed by atoms with Crippen LogP contribution in [0.2, 0.25) is 0 Å². The van der Waals surface area contributed by atoms with Gasteiger partial charge >= 0.3 is 6.09 Å². The maximum atomic E-state index is 12.9. The molecule has 1 aromatic heterocycles. The number of aromatic nitrogens is 2. The van der Waals surface area contributed by atoms with Gasteiger partial charge in [-0.2, -0.15) is 9.97 Å². The fraction of sp³-hybridized carbons (Fsp3) is 0.783. The number of carbonyl (C=O) groups is 1. The van der Waals surface area contributed by atoms with Gasteiger partial charge in [-0.05, 0) is 45.4 Å². The third kappa shape index (κ3) is 5.47. The van der Waals surface area contributed by atoms with Gasteiger partial charge in [0.05, 0.1) is 19.9 Å². The van der Waals surface area contributed by atoms with Crippen molar-refractivity contribution in [2.24, 2.45) is 0 Å². The first-order valence-electron chi connectivity index (χ1n) is 12.4. The van der Waals surface area contributed by atoms with E-state index in [9.17, 15) is 9.90 Å². The summed E-state index contributed by atoms with van der Waals surface area (Å²) >= 11 is 0. The number of aliphatic hydroxyl groups is 1. The number of aliphatic hydroxyl groups excluding tert-OH is 1. The Morgan fingerprint density at radius 1 is 1.29 bits per heavy atom. The molecule has 0 spiro atoms. The predicted molar refractivity (Wildman–Crippen MR) is 129 cm³/mol. The monoisotopic (exact) mass is 477 g/mol. The fourth-order valence-corrected chi connectivity index (χ4v) is 5.21. The first-order valence-corrected chi connectivity index (χ1v) is 12.4. The van der Waals surface area contributed by atoms with Crippen molar-refractivity contribution in [3.05, 3.63) is 6.07 Å². The van der Waals surface area contributed by atoms with Crippen LogP contribution in [0.15, 0.2) is 6.07 Å². The van der Waals surface area contributed by atoms with E-state index in [0.29, 0.717) is 17.6 Å². The number of hydrogen-bond donors (Lipinski definition) is 4. The average Bonchev–Trinajstić information content (AvgIpc) is 3.29. The minimum atomic E-state index is -0.173. The number of hydrazine groups is 1. The number of nitrogens with one attached hydrogen (secondary N) is 3. The highest BCUT2D eigenvalue weighted by Gasteiger charge is 2.43. The smallest absolute Gasteiger partial charge is 0.410 e. The van der Waals surface area contributed by atoms with Gasteiger partial charge < -0.3 is 29.7 Å². The number of hydrogen-bond acceptors (Lipinski definition) is 10. The molecular weight excluding hydrogens is 438 g/mol. The SMILES string of the molecule is CCC(C)OC(=O)N1[C@@H]2CCC[C@H]1CC(N(C)c1nc(NC3CC(CO)NN3)cc(OC)n1)C2. The van der Waals surface area contributed by atoms with Gasteiger partial charge in [0.15, 0.2) is 0 Å². The number of fused-ring (bicyclic) bond motifs is 2. The Morgan fingerprint density at radius 2 is 2.03 bits per heavy atom. The van der Waals surface area contributed by atoms with Gasteiger partial charge in [0.2, 0.25) is 11.8 Å². The molecule has 4 unspecified atom stereocenters. The molecule has 0 aliphatic carbocycles. The van der Waals surface area contributed by atoms with E-state index in [1.165, 1.54) is 0 Å². The maximum absolute atomic E-state index is 12.9. The first-order chi connectivity index (χ1) is 16.4. The summed E-state index contributed by atoms with van der Waals surface area (Å²) in [4.78, 5) is 26.4. The quantitative estimate of drug-likeness (QED) is 0.441. The summed E-state index contributed by atoms with van der Waals surface area (Å²) in [6, 6.07) is 2.33. The number of ether oxygens (including phenoxy) is 2. The maximum Gasteiger partial charge on any atom is 0.410 e.